The van der Waals surface area contributed by atoms with Crippen molar-refractivity contribution in [2.45, 2.75) is 131 Å². The Labute approximate surface area is 473 Å². The highest BCUT2D eigenvalue weighted by Crippen LogP contribution is 2.33. The van der Waals surface area contributed by atoms with Crippen LogP contribution in [0.1, 0.15) is 148 Å². The van der Waals surface area contributed by atoms with Gasteiger partial charge in [0, 0.05) is 92.1 Å². The molecule has 0 bridgehead atoms. The summed E-state index contributed by atoms with van der Waals surface area (Å²) in [6.45, 7) is 17.8. The predicted octanol–water partition coefficient (Wildman–Crippen LogP) is 10.6. The minimum absolute atomic E-state index is 0.0185. The molecule has 1 saturated heterocycles. The summed E-state index contributed by atoms with van der Waals surface area (Å²) >= 11 is 0. The highest BCUT2D eigenvalue weighted by atomic mass is 16.4. The largest absolute Gasteiger partial charge is 0.481 e. The minimum Gasteiger partial charge on any atom is -0.481 e. The number of piperidine rings is 1. The second-order valence-electron chi connectivity index (χ2n) is 21.5. The molecule has 4 aromatic heterocycles. The lowest BCUT2D eigenvalue weighted by Gasteiger charge is -2.35. The van der Waals surface area contributed by atoms with Crippen LogP contribution in [0.25, 0.3) is 22.4 Å². The molecule has 11 rings (SSSR count). The maximum Gasteiger partial charge on any atom is 0.306 e. The van der Waals surface area contributed by atoms with Crippen LogP contribution in [-0.2, 0) is 9.59 Å². The summed E-state index contributed by atoms with van der Waals surface area (Å²) in [4.78, 5) is 64.5. The number of aromatic nitrogens is 6. The molecule has 2 saturated carbocycles. The molecular weight excluding hydrogens is 1000 g/mol. The Morgan fingerprint density at radius 1 is 0.713 bits per heavy atom. The van der Waals surface area contributed by atoms with Gasteiger partial charge in [0.15, 0.2) is 11.3 Å². The number of pyridine rings is 2. The third-order valence-electron chi connectivity index (χ3n) is 15.3. The van der Waals surface area contributed by atoms with E-state index in [0.717, 1.165) is 156 Å². The van der Waals surface area contributed by atoms with Crippen molar-refractivity contribution in [3.63, 3.8) is 0 Å². The van der Waals surface area contributed by atoms with Crippen LogP contribution in [0.4, 0.5) is 11.6 Å². The molecule has 0 atom stereocenters. The van der Waals surface area contributed by atoms with E-state index in [0.29, 0.717) is 35.4 Å². The molecule has 0 radical (unpaired) electrons. The monoisotopic (exact) mass is 1090 g/mol. The van der Waals surface area contributed by atoms with E-state index >= 15 is 0 Å². The number of carboxylic acids is 1. The van der Waals surface area contributed by atoms with Gasteiger partial charge in [-0.1, -0.05) is 70.4 Å². The van der Waals surface area contributed by atoms with E-state index in [4.69, 9.17) is 10.1 Å². The van der Waals surface area contributed by atoms with E-state index in [9.17, 15) is 19.2 Å². The van der Waals surface area contributed by atoms with Gasteiger partial charge in [0.1, 0.15) is 5.82 Å². The molecule has 3 fully saturated rings. The molecule has 3 aliphatic heterocycles. The molecule has 3 N–H and O–H groups in total. The van der Waals surface area contributed by atoms with Crippen LogP contribution in [-0.4, -0.2) is 150 Å². The highest BCUT2D eigenvalue weighted by molar-refractivity contribution is 5.95. The first-order valence-electron chi connectivity index (χ1n) is 29.2. The number of nitrogens with one attached hydrogen (secondary N) is 2. The number of hydrogen-bond donors (Lipinski definition) is 3. The first-order chi connectivity index (χ1) is 38.7. The van der Waals surface area contributed by atoms with E-state index < -0.39 is 5.97 Å². The van der Waals surface area contributed by atoms with Gasteiger partial charge < -0.3 is 35.3 Å². The Bertz CT molecular complexity index is 3050. The number of hydrogen-bond acceptors (Lipinski definition) is 11. The van der Waals surface area contributed by atoms with Crippen LogP contribution >= 0.6 is 0 Å². The molecular formula is C63H86N12O5. The Hall–Kier alpha value is -7.24. The summed E-state index contributed by atoms with van der Waals surface area (Å²) in [6, 6.07) is 24.3. The third kappa shape index (κ3) is 16.4. The van der Waals surface area contributed by atoms with Crippen molar-refractivity contribution < 1.29 is 24.3 Å². The van der Waals surface area contributed by atoms with Crippen LogP contribution < -0.4 is 10.6 Å². The zero-order valence-corrected chi connectivity index (χ0v) is 48.8. The summed E-state index contributed by atoms with van der Waals surface area (Å²) in [5, 5.41) is 23.6. The Morgan fingerprint density at radius 2 is 1.29 bits per heavy atom. The average molecular weight is 1090 g/mol. The molecule has 5 aliphatic rings. The smallest absolute Gasteiger partial charge is 0.306 e. The summed E-state index contributed by atoms with van der Waals surface area (Å²) < 4.78 is 3.64. The summed E-state index contributed by atoms with van der Waals surface area (Å²) in [5.74, 6) is 1.57. The Balaban J connectivity index is 0.000000170. The van der Waals surface area contributed by atoms with E-state index in [1.54, 1.807) is 0 Å². The normalized spacial score (nSPS) is 16.3. The van der Waals surface area contributed by atoms with Gasteiger partial charge in [0.2, 0.25) is 11.9 Å². The molecule has 7 heterocycles. The van der Waals surface area contributed by atoms with Crippen molar-refractivity contribution in [2.24, 2.45) is 11.8 Å². The van der Waals surface area contributed by atoms with Gasteiger partial charge in [-0.2, -0.15) is 10.1 Å². The number of likely N-dealkylation sites (tertiary alicyclic amines) is 1. The lowest BCUT2D eigenvalue weighted by Crippen LogP contribution is -2.44. The topological polar surface area (TPSA) is 186 Å². The second kappa shape index (κ2) is 29.3. The highest BCUT2D eigenvalue weighted by Gasteiger charge is 2.34. The molecule has 17 nitrogen and oxygen atoms in total. The standard InChI is InChI=1S/C25H31N7O.C16H18N4O.C16H25NO.C4H6O2.C2H6/c1-30-16-11-21(12-17-30)31(2)24(33)19-5-7-20(8-6-19)27-25-28-23-22(4-3-15-32(23)29-25)18-9-13-26-14-10-18;1-11-17-15-14(3-2-8-20(15)18-11)12-6-9-19(10-7-12)16(21)13-4-5-13;1-5-7-15(8-6-2)17(4)16(18)14-11-9-13(3)10-12-14;5-4(6)3-1-2-3;1-2/h3-9,15,21,26H,10-14,16-17H2,1-2H3,(H,27,29);2-3,6,8,13H,4-5,7,9-10H2,1H3;9-12,15H,5-8H2,1-4H3;3H,1-2H2,(H,5,6);1-2H3. The molecule has 80 heavy (non-hydrogen) atoms. The first kappa shape index (κ1) is 60.4. The minimum atomic E-state index is -0.630. The number of fused-ring (bicyclic) bond motifs is 2. The first-order valence-corrected chi connectivity index (χ1v) is 29.2. The molecule has 2 aromatic carbocycles. The summed E-state index contributed by atoms with van der Waals surface area (Å²) in [5.41, 5.74) is 10.1. The van der Waals surface area contributed by atoms with Crippen molar-refractivity contribution in [2.75, 3.05) is 65.7 Å². The number of nitrogens with zero attached hydrogens (tertiary/aromatic N) is 10. The maximum absolute atomic E-state index is 13.0. The number of carboxylic acid groups (broad SMARTS) is 1. The number of carbonyl (C=O) groups excluding carboxylic acids is 3. The Morgan fingerprint density at radius 3 is 1.82 bits per heavy atom. The third-order valence-corrected chi connectivity index (χ3v) is 15.3. The lowest BCUT2D eigenvalue weighted by atomic mass is 10.00. The summed E-state index contributed by atoms with van der Waals surface area (Å²) in [6.07, 6.45) is 20.5. The van der Waals surface area contributed by atoms with Crippen molar-refractivity contribution in [3.05, 3.63) is 131 Å². The number of amides is 3. The van der Waals surface area contributed by atoms with Crippen LogP contribution in [0, 0.1) is 25.7 Å². The van der Waals surface area contributed by atoms with Crippen molar-refractivity contribution >= 4 is 57.8 Å². The van der Waals surface area contributed by atoms with E-state index in [1.165, 1.54) is 16.7 Å². The number of rotatable bonds is 14. The van der Waals surface area contributed by atoms with E-state index in [-0.39, 0.29) is 17.7 Å². The van der Waals surface area contributed by atoms with E-state index in [1.807, 2.05) is 139 Å². The molecule has 6 aromatic rings. The molecule has 2 aliphatic carbocycles. The van der Waals surface area contributed by atoms with Gasteiger partial charge in [-0.05, 0) is 177 Å². The number of aliphatic carboxylic acids is 1. The van der Waals surface area contributed by atoms with Crippen molar-refractivity contribution in [1.82, 2.24) is 54.1 Å². The fraction of sp³-hybridized carbons (Fsp3) is 0.492. The number of carbonyl (C=O) groups is 4. The molecule has 17 heteroatoms. The van der Waals surface area contributed by atoms with Gasteiger partial charge in [-0.25, -0.2) is 14.0 Å². The lowest BCUT2D eigenvalue weighted by molar-refractivity contribution is -0.138. The molecule has 0 unspecified atom stereocenters. The van der Waals surface area contributed by atoms with E-state index in [2.05, 4.69) is 75.9 Å². The average Bonchev–Trinajstić information content (AvgIpc) is 4.45. The van der Waals surface area contributed by atoms with Crippen LogP contribution in [0.3, 0.4) is 0 Å². The Kier molecular flexibility index (Phi) is 22.1. The molecule has 0 spiro atoms. The van der Waals surface area contributed by atoms with Crippen LogP contribution in [0.5, 0.6) is 0 Å². The molecule has 3 amide bonds. The molecule has 428 valence electrons. The quantitative estimate of drug-likeness (QED) is 0.0939. The van der Waals surface area contributed by atoms with Crippen LogP contribution in [0.2, 0.25) is 0 Å². The SMILES string of the molecule is CC.CCCC(CCC)N(C)C(=O)c1ccc(C)cc1.CN1CCC(N(C)C(=O)c2ccc(Nc3nc4c(C5=CCNCC5)cccn4n3)cc2)CC1.Cc1nc2c(C3=CCN(C(=O)C4CC4)CC3)cccn2n1.O=C(O)C1CC1. The number of anilines is 2. The number of benzene rings is 2. The van der Waals surface area contributed by atoms with Gasteiger partial charge in [0.05, 0.1) is 5.92 Å². The maximum atomic E-state index is 13.0. The van der Waals surface area contributed by atoms with Crippen molar-refractivity contribution in [3.8, 4) is 0 Å². The predicted molar refractivity (Wildman–Crippen MR) is 319 cm³/mol. The van der Waals surface area contributed by atoms with Crippen molar-refractivity contribution in [1.29, 1.82) is 0 Å². The zero-order chi connectivity index (χ0) is 57.3. The fourth-order valence-corrected chi connectivity index (χ4v) is 10.2. The fourth-order valence-electron chi connectivity index (χ4n) is 10.2. The summed E-state index contributed by atoms with van der Waals surface area (Å²) in [7, 11) is 5.98. The van der Waals surface area contributed by atoms with Gasteiger partial charge >= 0.3 is 5.97 Å². The van der Waals surface area contributed by atoms with Crippen LogP contribution in [0.15, 0.2) is 97.3 Å². The van der Waals surface area contributed by atoms with Gasteiger partial charge in [-0.3, -0.25) is 19.2 Å². The number of aryl methyl sites for hydroxylation is 2. The van der Waals surface area contributed by atoms with Gasteiger partial charge in [0.25, 0.3) is 11.8 Å². The van der Waals surface area contributed by atoms with Gasteiger partial charge in [-0.15, -0.1) is 5.10 Å². The zero-order valence-electron chi connectivity index (χ0n) is 48.8. The second-order valence-corrected chi connectivity index (χ2v) is 21.5.